The van der Waals surface area contributed by atoms with Gasteiger partial charge in [0.15, 0.2) is 0 Å². The van der Waals surface area contributed by atoms with Gasteiger partial charge in [-0.2, -0.15) is 0 Å². The molecule has 1 aromatic heterocycles. The van der Waals surface area contributed by atoms with E-state index in [1.807, 2.05) is 25.2 Å². The Bertz CT molecular complexity index is 544. The number of nitrogens with one attached hydrogen (secondary N) is 1. The third-order valence-electron chi connectivity index (χ3n) is 2.72. The van der Waals surface area contributed by atoms with Crippen molar-refractivity contribution in [2.75, 3.05) is 14.2 Å². The molecule has 0 aliphatic carbocycles. The SMILES string of the molecule is CNC(c1csc(I)c1)c1ccc(Cl)c(OC)c1. The van der Waals surface area contributed by atoms with Gasteiger partial charge in [-0.05, 0) is 64.3 Å². The fraction of sp³-hybridized carbons (Fsp3) is 0.231. The Morgan fingerprint density at radius 2 is 2.11 bits per heavy atom. The lowest BCUT2D eigenvalue weighted by Gasteiger charge is -2.16. The molecule has 0 bridgehead atoms. The molecule has 0 radical (unpaired) electrons. The van der Waals surface area contributed by atoms with E-state index in [0.29, 0.717) is 10.8 Å². The minimum absolute atomic E-state index is 0.163. The summed E-state index contributed by atoms with van der Waals surface area (Å²) < 4.78 is 6.54. The molecule has 5 heteroatoms. The Hall–Kier alpha value is -0.300. The summed E-state index contributed by atoms with van der Waals surface area (Å²) in [6, 6.07) is 8.23. The van der Waals surface area contributed by atoms with Crippen molar-refractivity contribution in [2.24, 2.45) is 0 Å². The van der Waals surface area contributed by atoms with Gasteiger partial charge >= 0.3 is 0 Å². The molecule has 0 fully saturated rings. The molecule has 0 saturated heterocycles. The number of halogens is 2. The summed E-state index contributed by atoms with van der Waals surface area (Å²) in [5, 5.41) is 6.13. The number of hydrogen-bond donors (Lipinski definition) is 1. The van der Waals surface area contributed by atoms with Gasteiger partial charge in [0.25, 0.3) is 0 Å². The van der Waals surface area contributed by atoms with Crippen LogP contribution in [0, 0.1) is 2.88 Å². The van der Waals surface area contributed by atoms with Crippen LogP contribution in [-0.2, 0) is 0 Å². The molecule has 1 unspecified atom stereocenters. The van der Waals surface area contributed by atoms with Gasteiger partial charge in [0, 0.05) is 0 Å². The highest BCUT2D eigenvalue weighted by Crippen LogP contribution is 2.32. The molecule has 1 N–H and O–H groups in total. The number of ether oxygens (including phenoxy) is 1. The Balaban J connectivity index is 2.38. The van der Waals surface area contributed by atoms with Crippen LogP contribution in [0.4, 0.5) is 0 Å². The second kappa shape index (κ2) is 6.23. The summed E-state index contributed by atoms with van der Waals surface area (Å²) in [7, 11) is 3.59. The van der Waals surface area contributed by atoms with Gasteiger partial charge in [0.1, 0.15) is 5.75 Å². The van der Waals surface area contributed by atoms with E-state index in [1.165, 1.54) is 8.45 Å². The Labute approximate surface area is 129 Å². The van der Waals surface area contributed by atoms with E-state index in [1.54, 1.807) is 18.4 Å². The van der Waals surface area contributed by atoms with Crippen LogP contribution in [0.1, 0.15) is 17.2 Å². The quantitative estimate of drug-likeness (QED) is 0.781. The minimum atomic E-state index is 0.163. The predicted molar refractivity (Wildman–Crippen MR) is 85.9 cm³/mol. The molecule has 0 spiro atoms. The molecule has 96 valence electrons. The number of rotatable bonds is 4. The highest BCUT2D eigenvalue weighted by atomic mass is 127. The Kier molecular flexibility index (Phi) is 4.89. The largest absolute Gasteiger partial charge is 0.495 e. The van der Waals surface area contributed by atoms with Crippen LogP contribution < -0.4 is 10.1 Å². The van der Waals surface area contributed by atoms with Gasteiger partial charge in [-0.15, -0.1) is 11.3 Å². The van der Waals surface area contributed by atoms with Gasteiger partial charge in [0.2, 0.25) is 0 Å². The van der Waals surface area contributed by atoms with Gasteiger partial charge < -0.3 is 10.1 Å². The molecule has 0 amide bonds. The zero-order valence-corrected chi connectivity index (χ0v) is 13.8. The summed E-state index contributed by atoms with van der Waals surface area (Å²) >= 11 is 10.1. The number of thiophene rings is 1. The third-order valence-corrected chi connectivity index (χ3v) is 4.84. The van der Waals surface area contributed by atoms with Crippen molar-refractivity contribution in [3.63, 3.8) is 0 Å². The second-order valence-corrected chi connectivity index (χ2v) is 7.01. The predicted octanol–water partition coefficient (Wildman–Crippen LogP) is 4.32. The van der Waals surface area contributed by atoms with Crippen molar-refractivity contribution < 1.29 is 4.74 Å². The highest BCUT2D eigenvalue weighted by Gasteiger charge is 2.15. The molecule has 2 nitrogen and oxygen atoms in total. The molecule has 0 aliphatic rings. The first-order valence-electron chi connectivity index (χ1n) is 5.40. The fourth-order valence-corrected chi connectivity index (χ4v) is 3.45. The molecule has 18 heavy (non-hydrogen) atoms. The highest BCUT2D eigenvalue weighted by molar-refractivity contribution is 14.1. The standard InChI is InChI=1S/C13H13ClINOS/c1-16-13(9-6-12(15)18-7-9)8-3-4-10(14)11(5-8)17-2/h3-7,13,16H,1-2H3. The van der Waals surface area contributed by atoms with E-state index in [-0.39, 0.29) is 6.04 Å². The van der Waals surface area contributed by atoms with E-state index in [4.69, 9.17) is 16.3 Å². The normalized spacial score (nSPS) is 12.4. The summed E-state index contributed by atoms with van der Waals surface area (Å²) in [5.41, 5.74) is 2.41. The molecule has 1 heterocycles. The average molecular weight is 394 g/mol. The van der Waals surface area contributed by atoms with Crippen LogP contribution in [-0.4, -0.2) is 14.2 Å². The fourth-order valence-electron chi connectivity index (χ4n) is 1.86. The van der Waals surface area contributed by atoms with Crippen LogP contribution in [0.5, 0.6) is 5.75 Å². The van der Waals surface area contributed by atoms with Crippen molar-refractivity contribution in [1.82, 2.24) is 5.32 Å². The molecule has 0 saturated carbocycles. The summed E-state index contributed by atoms with van der Waals surface area (Å²) in [4.78, 5) is 0. The monoisotopic (exact) mass is 393 g/mol. The van der Waals surface area contributed by atoms with Crippen LogP contribution in [0.15, 0.2) is 29.6 Å². The summed E-state index contributed by atoms with van der Waals surface area (Å²) in [5.74, 6) is 0.708. The van der Waals surface area contributed by atoms with Crippen molar-refractivity contribution in [2.45, 2.75) is 6.04 Å². The second-order valence-electron chi connectivity index (χ2n) is 3.80. The van der Waals surface area contributed by atoms with Crippen LogP contribution >= 0.6 is 45.5 Å². The molecule has 1 atom stereocenters. The number of hydrogen-bond acceptors (Lipinski definition) is 3. The maximum atomic E-state index is 6.05. The topological polar surface area (TPSA) is 21.3 Å². The first kappa shape index (κ1) is 14.1. The van der Waals surface area contributed by atoms with Crippen LogP contribution in [0.3, 0.4) is 0 Å². The van der Waals surface area contributed by atoms with Crippen molar-refractivity contribution in [1.29, 1.82) is 0 Å². The van der Waals surface area contributed by atoms with Crippen molar-refractivity contribution in [3.8, 4) is 5.75 Å². The van der Waals surface area contributed by atoms with Gasteiger partial charge in [0.05, 0.1) is 21.1 Å². The third kappa shape index (κ3) is 2.99. The van der Waals surface area contributed by atoms with E-state index in [0.717, 1.165) is 5.56 Å². The van der Waals surface area contributed by atoms with E-state index < -0.39 is 0 Å². The number of benzene rings is 1. The lowest BCUT2D eigenvalue weighted by molar-refractivity contribution is 0.414. The van der Waals surface area contributed by atoms with Crippen LogP contribution in [0.25, 0.3) is 0 Å². The first-order chi connectivity index (χ1) is 8.65. The van der Waals surface area contributed by atoms with E-state index in [2.05, 4.69) is 39.4 Å². The van der Waals surface area contributed by atoms with E-state index in [9.17, 15) is 0 Å². The Morgan fingerprint density at radius 1 is 1.33 bits per heavy atom. The average Bonchev–Trinajstić information content (AvgIpc) is 2.79. The summed E-state index contributed by atoms with van der Waals surface area (Å²) in [6.45, 7) is 0. The molecule has 1 aromatic carbocycles. The minimum Gasteiger partial charge on any atom is -0.495 e. The van der Waals surface area contributed by atoms with Gasteiger partial charge in [-0.1, -0.05) is 17.7 Å². The maximum absolute atomic E-state index is 6.05. The molecular formula is C13H13ClINOS. The van der Waals surface area contributed by atoms with Crippen LogP contribution in [0.2, 0.25) is 5.02 Å². The summed E-state index contributed by atoms with van der Waals surface area (Å²) in [6.07, 6.45) is 0. The van der Waals surface area contributed by atoms with E-state index >= 15 is 0 Å². The van der Waals surface area contributed by atoms with Gasteiger partial charge in [-0.3, -0.25) is 0 Å². The van der Waals surface area contributed by atoms with Crippen molar-refractivity contribution >= 4 is 45.5 Å². The van der Waals surface area contributed by atoms with Crippen molar-refractivity contribution in [3.05, 3.63) is 48.7 Å². The lowest BCUT2D eigenvalue weighted by Crippen LogP contribution is -2.17. The first-order valence-corrected chi connectivity index (χ1v) is 7.74. The molecular weight excluding hydrogens is 381 g/mol. The lowest BCUT2D eigenvalue weighted by atomic mass is 10.0. The molecule has 2 aromatic rings. The molecule has 2 rings (SSSR count). The maximum Gasteiger partial charge on any atom is 0.137 e. The van der Waals surface area contributed by atoms with Gasteiger partial charge in [-0.25, -0.2) is 0 Å². The molecule has 0 aliphatic heterocycles. The number of methoxy groups -OCH3 is 1. The zero-order chi connectivity index (χ0) is 13.1. The zero-order valence-electron chi connectivity index (χ0n) is 10.0. The Morgan fingerprint density at radius 3 is 2.67 bits per heavy atom. The smallest absolute Gasteiger partial charge is 0.137 e.